The van der Waals surface area contributed by atoms with Gasteiger partial charge in [0.1, 0.15) is 0 Å². The topological polar surface area (TPSA) is 69.4 Å². The molecule has 0 aromatic rings. The van der Waals surface area contributed by atoms with Crippen LogP contribution in [0.2, 0.25) is 0 Å². The third kappa shape index (κ3) is 4.25. The fourth-order valence-electron chi connectivity index (χ4n) is 1.96. The van der Waals surface area contributed by atoms with Gasteiger partial charge >= 0.3 is 12.1 Å². The van der Waals surface area contributed by atoms with Crippen molar-refractivity contribution < 1.29 is 14.3 Å². The molecule has 0 spiro atoms. The Morgan fingerprint density at radius 2 is 1.86 bits per heavy atom. The van der Waals surface area contributed by atoms with E-state index < -0.39 is 12.1 Å². The standard InChI is InChI=1S/C10H17NO3/c11-10(13)14-9(12)7-6-8-4-2-1-3-5-8/h8H,1-7H2,(H2,11,13). The minimum atomic E-state index is -1.00. The number of esters is 1. The smallest absolute Gasteiger partial charge is 0.376 e. The maximum Gasteiger partial charge on any atom is 0.412 e. The fourth-order valence-corrected chi connectivity index (χ4v) is 1.96. The second kappa shape index (κ2) is 5.62. The molecular formula is C10H17NO3. The summed E-state index contributed by atoms with van der Waals surface area (Å²) in [5, 5.41) is 0. The molecule has 2 N–H and O–H groups in total. The number of ether oxygens (including phenoxy) is 1. The Morgan fingerprint density at radius 1 is 1.21 bits per heavy atom. The van der Waals surface area contributed by atoms with E-state index in [-0.39, 0.29) is 0 Å². The zero-order valence-corrected chi connectivity index (χ0v) is 8.33. The lowest BCUT2D eigenvalue weighted by atomic mass is 9.86. The van der Waals surface area contributed by atoms with Gasteiger partial charge in [-0.2, -0.15) is 0 Å². The quantitative estimate of drug-likeness (QED) is 0.558. The minimum absolute atomic E-state index is 0.313. The number of hydrogen-bond donors (Lipinski definition) is 1. The van der Waals surface area contributed by atoms with Gasteiger partial charge in [-0.25, -0.2) is 4.79 Å². The molecule has 1 saturated carbocycles. The van der Waals surface area contributed by atoms with E-state index in [1.54, 1.807) is 0 Å². The van der Waals surface area contributed by atoms with Crippen molar-refractivity contribution in [3.05, 3.63) is 0 Å². The summed E-state index contributed by atoms with van der Waals surface area (Å²) in [5.41, 5.74) is 4.72. The first-order chi connectivity index (χ1) is 6.68. The average molecular weight is 199 g/mol. The highest BCUT2D eigenvalue weighted by atomic mass is 16.6. The maximum atomic E-state index is 11.0. The van der Waals surface area contributed by atoms with E-state index >= 15 is 0 Å². The number of rotatable bonds is 3. The zero-order chi connectivity index (χ0) is 10.4. The van der Waals surface area contributed by atoms with Crippen molar-refractivity contribution in [2.45, 2.75) is 44.9 Å². The Labute approximate surface area is 83.8 Å². The van der Waals surface area contributed by atoms with E-state index in [2.05, 4.69) is 4.74 Å². The molecule has 1 aliphatic rings. The maximum absolute atomic E-state index is 11.0. The first kappa shape index (κ1) is 11.0. The largest absolute Gasteiger partial charge is 0.412 e. The van der Waals surface area contributed by atoms with Crippen molar-refractivity contribution in [3.8, 4) is 0 Å². The van der Waals surface area contributed by atoms with Crippen LogP contribution in [0.15, 0.2) is 0 Å². The van der Waals surface area contributed by atoms with Gasteiger partial charge < -0.3 is 10.5 Å². The molecule has 80 valence electrons. The molecule has 14 heavy (non-hydrogen) atoms. The summed E-state index contributed by atoms with van der Waals surface area (Å²) in [6, 6.07) is 0. The van der Waals surface area contributed by atoms with Crippen LogP contribution in [0.1, 0.15) is 44.9 Å². The van der Waals surface area contributed by atoms with Crippen LogP contribution in [-0.4, -0.2) is 12.1 Å². The Kier molecular flexibility index (Phi) is 4.43. The average Bonchev–Trinajstić information content (AvgIpc) is 2.15. The van der Waals surface area contributed by atoms with Crippen molar-refractivity contribution in [1.29, 1.82) is 0 Å². The number of carbonyl (C=O) groups is 2. The van der Waals surface area contributed by atoms with Gasteiger partial charge in [-0.3, -0.25) is 4.79 Å². The van der Waals surface area contributed by atoms with Crippen LogP contribution < -0.4 is 5.73 Å². The van der Waals surface area contributed by atoms with Crippen molar-refractivity contribution in [3.63, 3.8) is 0 Å². The van der Waals surface area contributed by atoms with Gasteiger partial charge in [0.25, 0.3) is 0 Å². The van der Waals surface area contributed by atoms with Crippen molar-refractivity contribution in [1.82, 2.24) is 0 Å². The summed E-state index contributed by atoms with van der Waals surface area (Å²) in [6.45, 7) is 0. The molecule has 1 fully saturated rings. The molecule has 0 unspecified atom stereocenters. The number of carbonyl (C=O) groups excluding carboxylic acids is 2. The molecule has 1 rings (SSSR count). The van der Waals surface area contributed by atoms with Crippen LogP contribution >= 0.6 is 0 Å². The number of hydrogen-bond acceptors (Lipinski definition) is 3. The van der Waals surface area contributed by atoms with Gasteiger partial charge in [0.2, 0.25) is 0 Å². The normalized spacial score (nSPS) is 17.7. The molecule has 4 nitrogen and oxygen atoms in total. The van der Waals surface area contributed by atoms with Crippen molar-refractivity contribution >= 4 is 12.1 Å². The summed E-state index contributed by atoms with van der Waals surface area (Å²) in [5.74, 6) is 0.132. The van der Waals surface area contributed by atoms with Crippen LogP contribution in [0.5, 0.6) is 0 Å². The predicted octanol–water partition coefficient (Wildman–Crippen LogP) is 1.97. The van der Waals surface area contributed by atoms with Crippen LogP contribution in [0.4, 0.5) is 4.79 Å². The monoisotopic (exact) mass is 199 g/mol. The number of amides is 1. The molecule has 0 aromatic heterocycles. The molecule has 1 aliphatic carbocycles. The van der Waals surface area contributed by atoms with E-state index in [4.69, 9.17) is 5.73 Å². The molecule has 0 aromatic carbocycles. The van der Waals surface area contributed by atoms with Gasteiger partial charge in [0.05, 0.1) is 0 Å². The first-order valence-electron chi connectivity index (χ1n) is 5.18. The number of primary amides is 1. The summed E-state index contributed by atoms with van der Waals surface area (Å²) in [4.78, 5) is 21.2. The minimum Gasteiger partial charge on any atom is -0.376 e. The zero-order valence-electron chi connectivity index (χ0n) is 8.33. The lowest BCUT2D eigenvalue weighted by Crippen LogP contribution is -2.19. The molecule has 0 saturated heterocycles. The van der Waals surface area contributed by atoms with E-state index in [1.807, 2.05) is 0 Å². The molecule has 0 atom stereocenters. The van der Waals surface area contributed by atoms with Crippen LogP contribution in [0, 0.1) is 5.92 Å². The highest BCUT2D eigenvalue weighted by Crippen LogP contribution is 2.27. The lowest BCUT2D eigenvalue weighted by Gasteiger charge is -2.20. The van der Waals surface area contributed by atoms with Crippen molar-refractivity contribution in [2.24, 2.45) is 11.7 Å². The van der Waals surface area contributed by atoms with Gasteiger partial charge in [0, 0.05) is 6.42 Å². The third-order valence-electron chi connectivity index (χ3n) is 2.70. The summed E-state index contributed by atoms with van der Waals surface area (Å²) in [7, 11) is 0. The SMILES string of the molecule is NC(=O)OC(=O)CCC1CCCCC1. The Balaban J connectivity index is 2.12. The van der Waals surface area contributed by atoms with Gasteiger partial charge in [-0.15, -0.1) is 0 Å². The van der Waals surface area contributed by atoms with Crippen LogP contribution in [0.25, 0.3) is 0 Å². The van der Waals surface area contributed by atoms with Gasteiger partial charge in [0.15, 0.2) is 0 Å². The van der Waals surface area contributed by atoms with E-state index in [1.165, 1.54) is 32.1 Å². The second-order valence-corrected chi connectivity index (χ2v) is 3.84. The van der Waals surface area contributed by atoms with E-state index in [9.17, 15) is 9.59 Å². The first-order valence-corrected chi connectivity index (χ1v) is 5.18. The molecule has 1 amide bonds. The third-order valence-corrected chi connectivity index (χ3v) is 2.70. The second-order valence-electron chi connectivity index (χ2n) is 3.84. The fraction of sp³-hybridized carbons (Fsp3) is 0.800. The molecule has 0 bridgehead atoms. The molecule has 0 radical (unpaired) electrons. The van der Waals surface area contributed by atoms with Crippen molar-refractivity contribution in [2.75, 3.05) is 0 Å². The summed E-state index contributed by atoms with van der Waals surface area (Å²) in [6.07, 6.45) is 6.36. The van der Waals surface area contributed by atoms with Gasteiger partial charge in [-0.05, 0) is 12.3 Å². The molecular weight excluding hydrogens is 182 g/mol. The summed E-state index contributed by atoms with van der Waals surface area (Å²) >= 11 is 0. The summed E-state index contributed by atoms with van der Waals surface area (Å²) < 4.78 is 4.24. The number of nitrogens with two attached hydrogens (primary N) is 1. The van der Waals surface area contributed by atoms with E-state index in [0.717, 1.165) is 6.42 Å². The predicted molar refractivity (Wildman–Crippen MR) is 51.5 cm³/mol. The van der Waals surface area contributed by atoms with E-state index in [0.29, 0.717) is 12.3 Å². The van der Waals surface area contributed by atoms with Crippen LogP contribution in [0.3, 0.4) is 0 Å². The van der Waals surface area contributed by atoms with Gasteiger partial charge in [-0.1, -0.05) is 32.1 Å². The Morgan fingerprint density at radius 3 is 2.43 bits per heavy atom. The molecule has 0 aliphatic heterocycles. The Bertz CT molecular complexity index is 209. The highest BCUT2D eigenvalue weighted by molar-refractivity contribution is 5.83. The highest BCUT2D eigenvalue weighted by Gasteiger charge is 2.15. The Hall–Kier alpha value is -1.06. The molecule has 0 heterocycles. The lowest BCUT2D eigenvalue weighted by molar-refractivity contribution is -0.137. The van der Waals surface area contributed by atoms with Crippen LogP contribution in [-0.2, 0) is 9.53 Å². The molecule has 4 heteroatoms.